The van der Waals surface area contributed by atoms with Gasteiger partial charge in [0.1, 0.15) is 5.15 Å². The molecule has 1 heterocycles. The van der Waals surface area contributed by atoms with Crippen molar-refractivity contribution in [1.29, 1.82) is 0 Å². The molecule has 2 aromatic rings. The quantitative estimate of drug-likeness (QED) is 0.711. The van der Waals surface area contributed by atoms with Crippen LogP contribution in [0, 0.1) is 0 Å². The van der Waals surface area contributed by atoms with E-state index in [-0.39, 0.29) is 23.0 Å². The summed E-state index contributed by atoms with van der Waals surface area (Å²) in [4.78, 5) is 16.5. The minimum Gasteiger partial charge on any atom is -0.349 e. The first-order valence-corrected chi connectivity index (χ1v) is 9.06. The van der Waals surface area contributed by atoms with Gasteiger partial charge in [-0.3, -0.25) is 4.79 Å². The summed E-state index contributed by atoms with van der Waals surface area (Å²) in [7, 11) is 0. The Morgan fingerprint density at radius 2 is 1.92 bits per heavy atom. The van der Waals surface area contributed by atoms with Gasteiger partial charge in [-0.15, -0.1) is 0 Å². The highest BCUT2D eigenvalue weighted by atomic mass is 35.5. The third-order valence-electron chi connectivity index (χ3n) is 4.45. The van der Waals surface area contributed by atoms with E-state index in [1.807, 2.05) is 12.1 Å². The molecule has 1 aromatic heterocycles. The molecule has 1 fully saturated rings. The van der Waals surface area contributed by atoms with Crippen LogP contribution in [-0.2, 0) is 0 Å². The molecule has 3 nitrogen and oxygen atoms in total. The molecule has 0 saturated heterocycles. The van der Waals surface area contributed by atoms with Crippen molar-refractivity contribution in [1.82, 2.24) is 10.3 Å². The smallest absolute Gasteiger partial charge is 0.254 e. The van der Waals surface area contributed by atoms with E-state index in [0.29, 0.717) is 15.6 Å². The zero-order valence-electron chi connectivity index (χ0n) is 12.9. The van der Waals surface area contributed by atoms with Crippen LogP contribution >= 0.6 is 34.8 Å². The number of amides is 1. The van der Waals surface area contributed by atoms with Gasteiger partial charge in [0.15, 0.2) is 0 Å². The monoisotopic (exact) mass is 382 g/mol. The van der Waals surface area contributed by atoms with Gasteiger partial charge in [-0.2, -0.15) is 0 Å². The van der Waals surface area contributed by atoms with Crippen molar-refractivity contribution in [2.45, 2.75) is 37.6 Å². The Hall–Kier alpha value is -1.29. The highest BCUT2D eigenvalue weighted by molar-refractivity contribution is 6.35. The van der Waals surface area contributed by atoms with E-state index in [2.05, 4.69) is 10.3 Å². The Balaban J connectivity index is 1.82. The number of halogens is 3. The third-order valence-corrected chi connectivity index (χ3v) is 5.31. The van der Waals surface area contributed by atoms with Crippen LogP contribution in [0.5, 0.6) is 0 Å². The highest BCUT2D eigenvalue weighted by Gasteiger charge is 2.30. The average Bonchev–Trinajstić information content (AvgIpc) is 2.56. The topological polar surface area (TPSA) is 42.0 Å². The zero-order chi connectivity index (χ0) is 17.1. The van der Waals surface area contributed by atoms with Crippen LogP contribution < -0.4 is 5.32 Å². The number of benzene rings is 1. The molecule has 0 unspecified atom stereocenters. The normalized spacial score (nSPS) is 20.6. The summed E-state index contributed by atoms with van der Waals surface area (Å²) in [5.74, 6) is -0.0296. The van der Waals surface area contributed by atoms with Crippen LogP contribution in [0.4, 0.5) is 0 Å². The largest absolute Gasteiger partial charge is 0.349 e. The lowest BCUT2D eigenvalue weighted by molar-refractivity contribution is 0.0920. The molecule has 1 aromatic carbocycles. The lowest BCUT2D eigenvalue weighted by Crippen LogP contribution is -2.41. The van der Waals surface area contributed by atoms with E-state index in [1.165, 1.54) is 0 Å². The minimum absolute atomic E-state index is 0.0150. The van der Waals surface area contributed by atoms with Gasteiger partial charge in [0.05, 0.1) is 5.56 Å². The van der Waals surface area contributed by atoms with Gasteiger partial charge in [-0.1, -0.05) is 53.7 Å². The fraction of sp³-hybridized carbons (Fsp3) is 0.333. The summed E-state index contributed by atoms with van der Waals surface area (Å²) in [6.07, 6.45) is 5.65. The van der Waals surface area contributed by atoms with Crippen molar-refractivity contribution < 1.29 is 4.79 Å². The summed E-state index contributed by atoms with van der Waals surface area (Å²) in [6.45, 7) is 0. The molecule has 0 aliphatic heterocycles. The lowest BCUT2D eigenvalue weighted by atomic mass is 9.80. The fourth-order valence-corrected chi connectivity index (χ4v) is 4.03. The lowest BCUT2D eigenvalue weighted by Gasteiger charge is -2.33. The molecule has 3 rings (SSSR count). The van der Waals surface area contributed by atoms with Crippen LogP contribution in [0.1, 0.15) is 47.5 Å². The van der Waals surface area contributed by atoms with Crippen molar-refractivity contribution in [3.05, 3.63) is 62.9 Å². The number of rotatable bonds is 3. The van der Waals surface area contributed by atoms with Gasteiger partial charge >= 0.3 is 0 Å². The molecule has 1 N–H and O–H groups in total. The first-order valence-electron chi connectivity index (χ1n) is 7.92. The molecule has 0 bridgehead atoms. The second kappa shape index (κ2) is 7.73. The maximum Gasteiger partial charge on any atom is 0.254 e. The Kier molecular flexibility index (Phi) is 5.65. The van der Waals surface area contributed by atoms with Gasteiger partial charge in [0.2, 0.25) is 0 Å². The van der Waals surface area contributed by atoms with Gasteiger partial charge in [-0.05, 0) is 42.7 Å². The van der Waals surface area contributed by atoms with Crippen molar-refractivity contribution in [2.24, 2.45) is 0 Å². The first kappa shape index (κ1) is 17.5. The first-order chi connectivity index (χ1) is 11.6. The standard InChI is InChI=1S/C18H17Cl3N2O/c19-11-7-8-12(15(20)10-11)13-4-1-2-6-16(13)23-18(24)14-5-3-9-22-17(14)21/h3,5,7-10,13,16H,1-2,4,6H2,(H,23,24)/t13-,16+/m0/s1. The van der Waals surface area contributed by atoms with E-state index >= 15 is 0 Å². The van der Waals surface area contributed by atoms with Gasteiger partial charge in [0.25, 0.3) is 5.91 Å². The van der Waals surface area contributed by atoms with Crippen LogP contribution in [0.3, 0.4) is 0 Å². The molecule has 2 atom stereocenters. The predicted molar refractivity (Wildman–Crippen MR) is 98.2 cm³/mol. The molecule has 126 valence electrons. The fourth-order valence-electron chi connectivity index (χ4n) is 3.28. The molecule has 1 aliphatic carbocycles. The van der Waals surface area contributed by atoms with E-state index in [9.17, 15) is 4.79 Å². The summed E-state index contributed by atoms with van der Waals surface area (Å²) in [6, 6.07) is 8.95. The molecule has 1 amide bonds. The number of hydrogen-bond acceptors (Lipinski definition) is 2. The molecule has 6 heteroatoms. The third kappa shape index (κ3) is 3.85. The molecular formula is C18H17Cl3N2O. The van der Waals surface area contributed by atoms with E-state index in [1.54, 1.807) is 24.4 Å². The molecule has 0 spiro atoms. The average molecular weight is 384 g/mol. The van der Waals surface area contributed by atoms with E-state index in [0.717, 1.165) is 31.2 Å². The number of hydrogen-bond donors (Lipinski definition) is 1. The van der Waals surface area contributed by atoms with Crippen molar-refractivity contribution in [3.63, 3.8) is 0 Å². The van der Waals surface area contributed by atoms with Gasteiger partial charge < -0.3 is 5.32 Å². The molecular weight excluding hydrogens is 367 g/mol. The Labute approximate surface area is 156 Å². The summed E-state index contributed by atoms with van der Waals surface area (Å²) in [5, 5.41) is 4.59. The maximum atomic E-state index is 12.6. The van der Waals surface area contributed by atoms with Gasteiger partial charge in [-0.25, -0.2) is 4.98 Å². The molecule has 0 radical (unpaired) electrons. The summed E-state index contributed by atoms with van der Waals surface area (Å²) >= 11 is 18.4. The molecule has 1 aliphatic rings. The second-order valence-corrected chi connectivity index (χ2v) is 7.18. The van der Waals surface area contributed by atoms with Crippen molar-refractivity contribution in [2.75, 3.05) is 0 Å². The number of nitrogens with zero attached hydrogens (tertiary/aromatic N) is 1. The SMILES string of the molecule is O=C(N[C@@H]1CCCC[C@H]1c1ccc(Cl)cc1Cl)c1cccnc1Cl. The Bertz CT molecular complexity index is 751. The van der Waals surface area contributed by atoms with Crippen LogP contribution in [0.25, 0.3) is 0 Å². The number of pyridine rings is 1. The Morgan fingerprint density at radius 3 is 2.67 bits per heavy atom. The highest BCUT2D eigenvalue weighted by Crippen LogP contribution is 2.37. The van der Waals surface area contributed by atoms with Crippen molar-refractivity contribution >= 4 is 40.7 Å². The second-order valence-electron chi connectivity index (χ2n) is 5.98. The predicted octanol–water partition coefficient (Wildman–Crippen LogP) is 5.50. The maximum absolute atomic E-state index is 12.6. The number of carbonyl (C=O) groups excluding carboxylic acids is 1. The zero-order valence-corrected chi connectivity index (χ0v) is 15.2. The number of carbonyl (C=O) groups is 1. The molecule has 1 saturated carbocycles. The van der Waals surface area contributed by atoms with Crippen molar-refractivity contribution in [3.8, 4) is 0 Å². The van der Waals surface area contributed by atoms with Crippen LogP contribution in [0.2, 0.25) is 15.2 Å². The van der Waals surface area contributed by atoms with E-state index in [4.69, 9.17) is 34.8 Å². The van der Waals surface area contributed by atoms with E-state index < -0.39 is 0 Å². The molecule has 24 heavy (non-hydrogen) atoms. The Morgan fingerprint density at radius 1 is 1.12 bits per heavy atom. The van der Waals surface area contributed by atoms with Gasteiger partial charge in [0, 0.05) is 28.2 Å². The summed E-state index contributed by atoms with van der Waals surface area (Å²) in [5.41, 5.74) is 1.43. The van der Waals surface area contributed by atoms with Crippen LogP contribution in [-0.4, -0.2) is 16.9 Å². The van der Waals surface area contributed by atoms with Crippen LogP contribution in [0.15, 0.2) is 36.5 Å². The number of aromatic nitrogens is 1. The minimum atomic E-state index is -0.199. The number of nitrogens with one attached hydrogen (secondary N) is 1. The summed E-state index contributed by atoms with van der Waals surface area (Å²) < 4.78 is 0.